The normalized spacial score (nSPS) is 24.0. The summed E-state index contributed by atoms with van der Waals surface area (Å²) in [5.74, 6) is 0.611. The summed E-state index contributed by atoms with van der Waals surface area (Å²) in [6.45, 7) is 11.5. The van der Waals surface area contributed by atoms with E-state index in [0.29, 0.717) is 11.5 Å². The molecule has 2 fully saturated rings. The predicted molar refractivity (Wildman–Crippen MR) is 91.2 cm³/mol. The van der Waals surface area contributed by atoms with Gasteiger partial charge < -0.3 is 10.2 Å². The molecule has 1 saturated carbocycles. The monoisotopic (exact) mass is 286 g/mol. The average Bonchev–Trinajstić information content (AvgIpc) is 2.84. The highest BCUT2D eigenvalue weighted by Crippen LogP contribution is 2.37. The molecule has 0 bridgehead atoms. The van der Waals surface area contributed by atoms with E-state index >= 15 is 0 Å². The van der Waals surface area contributed by atoms with E-state index in [1.807, 2.05) is 0 Å². The zero-order valence-electron chi connectivity index (χ0n) is 14.1. The van der Waals surface area contributed by atoms with E-state index in [0.717, 1.165) is 13.1 Å². The summed E-state index contributed by atoms with van der Waals surface area (Å²) < 4.78 is 0. The summed E-state index contributed by atoms with van der Waals surface area (Å²) >= 11 is 0. The Bertz CT molecular complexity index is 481. The molecule has 3 rings (SSSR count). The Hall–Kier alpha value is -1.02. The number of anilines is 1. The molecule has 0 aromatic heterocycles. The third-order valence-electron chi connectivity index (χ3n) is 5.17. The molecule has 2 aliphatic rings. The smallest absolute Gasteiger partial charge is 0.0367 e. The lowest BCUT2D eigenvalue weighted by molar-refractivity contribution is 0.197. The number of hydrogen-bond acceptors (Lipinski definition) is 2. The summed E-state index contributed by atoms with van der Waals surface area (Å²) in [6, 6.07) is 9.24. The second-order valence-corrected chi connectivity index (χ2v) is 8.10. The Balaban J connectivity index is 1.83. The number of hydrogen-bond donors (Lipinski definition) is 1. The van der Waals surface area contributed by atoms with Gasteiger partial charge in [0.15, 0.2) is 0 Å². The highest BCUT2D eigenvalue weighted by Gasteiger charge is 2.44. The van der Waals surface area contributed by atoms with E-state index in [1.54, 1.807) is 0 Å². The molecule has 0 radical (unpaired) electrons. The zero-order valence-corrected chi connectivity index (χ0v) is 14.1. The van der Waals surface area contributed by atoms with E-state index in [4.69, 9.17) is 0 Å². The molecular formula is C19H30N2. The minimum atomic E-state index is 0.194. The van der Waals surface area contributed by atoms with Crippen molar-refractivity contribution in [3.8, 4) is 0 Å². The van der Waals surface area contributed by atoms with Crippen molar-refractivity contribution in [3.63, 3.8) is 0 Å². The van der Waals surface area contributed by atoms with Crippen LogP contribution in [0.2, 0.25) is 0 Å². The fourth-order valence-corrected chi connectivity index (χ4v) is 4.28. The van der Waals surface area contributed by atoms with Crippen molar-refractivity contribution < 1.29 is 0 Å². The second-order valence-electron chi connectivity index (χ2n) is 8.10. The van der Waals surface area contributed by atoms with Crippen LogP contribution in [-0.2, 0) is 0 Å². The predicted octanol–water partition coefficient (Wildman–Crippen LogP) is 4.31. The Kier molecular flexibility index (Phi) is 3.77. The molecule has 1 spiro atoms. The molecule has 0 atom stereocenters. The van der Waals surface area contributed by atoms with Gasteiger partial charge >= 0.3 is 0 Å². The molecule has 116 valence electrons. The van der Waals surface area contributed by atoms with Crippen LogP contribution in [0.25, 0.3) is 0 Å². The molecule has 1 heterocycles. The molecule has 2 heteroatoms. The minimum Gasteiger partial charge on any atom is -0.368 e. The van der Waals surface area contributed by atoms with Gasteiger partial charge in [0.2, 0.25) is 0 Å². The summed E-state index contributed by atoms with van der Waals surface area (Å²) in [6.07, 6.45) is 5.42. The highest BCUT2D eigenvalue weighted by molar-refractivity contribution is 5.50. The summed E-state index contributed by atoms with van der Waals surface area (Å²) in [7, 11) is 0. The van der Waals surface area contributed by atoms with E-state index in [-0.39, 0.29) is 5.54 Å². The van der Waals surface area contributed by atoms with Crippen LogP contribution in [0.3, 0.4) is 0 Å². The standard InChI is InChI=1S/C19H30N2/c1-15(2)16-7-9-17(10-8-16)21-13-18(3,4)20-19(14-21)11-5-6-12-19/h7-10,15,20H,5-6,11-14H2,1-4H3. The van der Waals surface area contributed by atoms with Crippen LogP contribution >= 0.6 is 0 Å². The SMILES string of the molecule is CC(C)c1ccc(N2CC(C)(C)NC3(CCCC3)C2)cc1. The first-order valence-electron chi connectivity index (χ1n) is 8.54. The number of benzene rings is 1. The maximum Gasteiger partial charge on any atom is 0.0367 e. The topological polar surface area (TPSA) is 15.3 Å². The third-order valence-corrected chi connectivity index (χ3v) is 5.17. The van der Waals surface area contributed by atoms with Crippen LogP contribution in [0.15, 0.2) is 24.3 Å². The van der Waals surface area contributed by atoms with Crippen molar-refractivity contribution in [2.45, 2.75) is 70.4 Å². The molecule has 2 nitrogen and oxygen atoms in total. The van der Waals surface area contributed by atoms with E-state index in [9.17, 15) is 0 Å². The van der Waals surface area contributed by atoms with Gasteiger partial charge in [0.05, 0.1) is 0 Å². The van der Waals surface area contributed by atoms with Gasteiger partial charge in [0.25, 0.3) is 0 Å². The number of nitrogens with one attached hydrogen (secondary N) is 1. The Morgan fingerprint density at radius 3 is 2.19 bits per heavy atom. The van der Waals surface area contributed by atoms with Gasteiger partial charge in [0, 0.05) is 29.9 Å². The number of nitrogens with zero attached hydrogens (tertiary/aromatic N) is 1. The van der Waals surface area contributed by atoms with Crippen LogP contribution in [0.5, 0.6) is 0 Å². The quantitative estimate of drug-likeness (QED) is 0.871. The maximum atomic E-state index is 3.96. The van der Waals surface area contributed by atoms with Crippen LogP contribution in [0, 0.1) is 0 Å². The molecule has 0 unspecified atom stereocenters. The van der Waals surface area contributed by atoms with E-state index < -0.39 is 0 Å². The van der Waals surface area contributed by atoms with Gasteiger partial charge in [-0.3, -0.25) is 0 Å². The Labute approximate surface area is 129 Å². The fourth-order valence-electron chi connectivity index (χ4n) is 4.28. The first kappa shape index (κ1) is 14.9. The minimum absolute atomic E-state index is 0.194. The van der Waals surface area contributed by atoms with Crippen molar-refractivity contribution in [1.29, 1.82) is 0 Å². The van der Waals surface area contributed by atoms with Crippen molar-refractivity contribution in [1.82, 2.24) is 5.32 Å². The van der Waals surface area contributed by atoms with Crippen LogP contribution < -0.4 is 10.2 Å². The van der Waals surface area contributed by atoms with Crippen molar-refractivity contribution in [2.75, 3.05) is 18.0 Å². The van der Waals surface area contributed by atoms with Gasteiger partial charge in [-0.05, 0) is 50.3 Å². The molecule has 1 aliphatic carbocycles. The first-order chi connectivity index (χ1) is 9.89. The maximum absolute atomic E-state index is 3.96. The van der Waals surface area contributed by atoms with Gasteiger partial charge in [0.1, 0.15) is 0 Å². The number of rotatable bonds is 2. The average molecular weight is 286 g/mol. The van der Waals surface area contributed by atoms with Crippen LogP contribution in [0.4, 0.5) is 5.69 Å². The van der Waals surface area contributed by atoms with E-state index in [2.05, 4.69) is 62.2 Å². The molecule has 1 N–H and O–H groups in total. The highest BCUT2D eigenvalue weighted by atomic mass is 15.3. The molecule has 1 aromatic carbocycles. The van der Waals surface area contributed by atoms with Crippen molar-refractivity contribution >= 4 is 5.69 Å². The van der Waals surface area contributed by atoms with Gasteiger partial charge in [-0.1, -0.05) is 38.8 Å². The van der Waals surface area contributed by atoms with Gasteiger partial charge in [-0.15, -0.1) is 0 Å². The first-order valence-corrected chi connectivity index (χ1v) is 8.54. The van der Waals surface area contributed by atoms with Crippen molar-refractivity contribution in [2.24, 2.45) is 0 Å². The van der Waals surface area contributed by atoms with Crippen molar-refractivity contribution in [3.05, 3.63) is 29.8 Å². The van der Waals surface area contributed by atoms with Crippen LogP contribution in [-0.4, -0.2) is 24.2 Å². The zero-order chi connectivity index (χ0) is 15.1. The lowest BCUT2D eigenvalue weighted by Gasteiger charge is -2.51. The van der Waals surface area contributed by atoms with Gasteiger partial charge in [-0.2, -0.15) is 0 Å². The van der Waals surface area contributed by atoms with Gasteiger partial charge in [-0.25, -0.2) is 0 Å². The third kappa shape index (κ3) is 3.11. The molecule has 1 aliphatic heterocycles. The molecule has 1 saturated heterocycles. The van der Waals surface area contributed by atoms with E-state index in [1.165, 1.54) is 36.9 Å². The lowest BCUT2D eigenvalue weighted by atomic mass is 9.86. The largest absolute Gasteiger partial charge is 0.368 e. The summed E-state index contributed by atoms with van der Waals surface area (Å²) in [5.41, 5.74) is 3.36. The Morgan fingerprint density at radius 2 is 1.62 bits per heavy atom. The number of piperazine rings is 1. The molecule has 1 aromatic rings. The molecule has 0 amide bonds. The Morgan fingerprint density at radius 1 is 1.00 bits per heavy atom. The summed E-state index contributed by atoms with van der Waals surface area (Å²) in [4.78, 5) is 2.60. The molecule has 21 heavy (non-hydrogen) atoms. The summed E-state index contributed by atoms with van der Waals surface area (Å²) in [5, 5.41) is 3.96. The lowest BCUT2D eigenvalue weighted by Crippen LogP contribution is -2.68. The fraction of sp³-hybridized carbons (Fsp3) is 0.684. The second kappa shape index (κ2) is 5.31. The molecular weight excluding hydrogens is 256 g/mol. The van der Waals surface area contributed by atoms with Crippen LogP contribution in [0.1, 0.15) is 64.9 Å².